The molecule has 1 aromatic carbocycles. The average molecular weight is 250 g/mol. The molecular formula is C12H14N2O4. The maximum Gasteiger partial charge on any atom is 0.320 e. The van der Waals surface area contributed by atoms with E-state index in [-0.39, 0.29) is 12.3 Å². The van der Waals surface area contributed by atoms with Gasteiger partial charge in [0.15, 0.2) is 0 Å². The molecule has 1 amide bonds. The molecule has 3 N–H and O–H groups in total. The fourth-order valence-corrected chi connectivity index (χ4v) is 1.81. The van der Waals surface area contributed by atoms with E-state index in [2.05, 4.69) is 0 Å². The lowest BCUT2D eigenvalue weighted by molar-refractivity contribution is -0.138. The number of benzene rings is 1. The summed E-state index contributed by atoms with van der Waals surface area (Å²) in [5, 5.41) is 10.0. The van der Waals surface area contributed by atoms with Crippen molar-refractivity contribution in [3.63, 3.8) is 0 Å². The molecule has 1 aliphatic heterocycles. The highest BCUT2D eigenvalue weighted by molar-refractivity contribution is 5.93. The summed E-state index contributed by atoms with van der Waals surface area (Å²) < 4.78 is 0. The Balaban J connectivity index is 2.25. The molecule has 6 nitrogen and oxygen atoms in total. The van der Waals surface area contributed by atoms with Crippen LogP contribution < -0.4 is 10.8 Å². The highest BCUT2D eigenvalue weighted by Crippen LogP contribution is 2.25. The number of hydrogen-bond acceptors (Lipinski definition) is 4. The number of carbonyl (C=O) groups is 2. The van der Waals surface area contributed by atoms with Gasteiger partial charge in [0.2, 0.25) is 0 Å². The summed E-state index contributed by atoms with van der Waals surface area (Å²) in [6, 6.07) is 6.00. The average Bonchev–Trinajstić information content (AvgIpc) is 2.76. The summed E-state index contributed by atoms with van der Waals surface area (Å²) in [6.45, 7) is 0.345. The van der Waals surface area contributed by atoms with Gasteiger partial charge in [-0.2, -0.15) is 5.06 Å². The lowest BCUT2D eigenvalue weighted by atomic mass is 10.0. The monoisotopic (exact) mass is 250 g/mol. The zero-order chi connectivity index (χ0) is 13.1. The lowest BCUT2D eigenvalue weighted by Crippen LogP contribution is -2.33. The molecule has 1 aliphatic rings. The van der Waals surface area contributed by atoms with Gasteiger partial charge in [-0.1, -0.05) is 18.2 Å². The van der Waals surface area contributed by atoms with E-state index in [1.807, 2.05) is 0 Å². The Kier molecular flexibility index (Phi) is 3.59. The van der Waals surface area contributed by atoms with Gasteiger partial charge >= 0.3 is 5.97 Å². The summed E-state index contributed by atoms with van der Waals surface area (Å²) in [4.78, 5) is 27.6. The number of carboxylic acid groups (broad SMARTS) is 1. The van der Waals surface area contributed by atoms with E-state index in [4.69, 9.17) is 15.7 Å². The van der Waals surface area contributed by atoms with Crippen LogP contribution in [0.3, 0.4) is 0 Å². The molecule has 0 bridgehead atoms. The fraction of sp³-hybridized carbons (Fsp3) is 0.333. The molecule has 2 rings (SSSR count). The smallest absolute Gasteiger partial charge is 0.320 e. The van der Waals surface area contributed by atoms with E-state index in [9.17, 15) is 9.59 Å². The molecule has 96 valence electrons. The molecule has 0 aliphatic carbocycles. The standard InChI is InChI=1S/C12H14N2O4/c13-9(12(16)17)7-8-3-1-2-4-10(8)14-11(15)5-6-18-14/h1-4,9H,5-7,13H2,(H,16,17). The van der Waals surface area contributed by atoms with E-state index in [1.54, 1.807) is 24.3 Å². The summed E-state index contributed by atoms with van der Waals surface area (Å²) in [6.07, 6.45) is 0.484. The fourth-order valence-electron chi connectivity index (χ4n) is 1.81. The van der Waals surface area contributed by atoms with Crippen LogP contribution in [0.25, 0.3) is 0 Å². The first-order valence-corrected chi connectivity index (χ1v) is 5.62. The van der Waals surface area contributed by atoms with Crippen LogP contribution in [-0.2, 0) is 20.8 Å². The van der Waals surface area contributed by atoms with Gasteiger partial charge in [0.1, 0.15) is 6.04 Å². The summed E-state index contributed by atoms with van der Waals surface area (Å²) in [7, 11) is 0. The summed E-state index contributed by atoms with van der Waals surface area (Å²) >= 11 is 0. The van der Waals surface area contributed by atoms with Gasteiger partial charge in [0.05, 0.1) is 18.7 Å². The summed E-state index contributed by atoms with van der Waals surface area (Å²) in [5.74, 6) is -1.20. The molecule has 1 fully saturated rings. The molecule has 1 saturated heterocycles. The highest BCUT2D eigenvalue weighted by Gasteiger charge is 2.26. The van der Waals surface area contributed by atoms with Crippen LogP contribution in [0.2, 0.25) is 0 Å². The number of nitrogens with two attached hydrogens (primary N) is 1. The molecule has 1 atom stereocenters. The molecule has 18 heavy (non-hydrogen) atoms. The third-order valence-electron chi connectivity index (χ3n) is 2.73. The van der Waals surface area contributed by atoms with Crippen molar-refractivity contribution in [1.82, 2.24) is 0 Å². The molecule has 0 spiro atoms. The number of hydroxylamine groups is 1. The first-order valence-electron chi connectivity index (χ1n) is 5.62. The van der Waals surface area contributed by atoms with Crippen molar-refractivity contribution in [2.45, 2.75) is 18.9 Å². The topological polar surface area (TPSA) is 92.9 Å². The predicted octanol–water partition coefficient (Wildman–Crippen LogP) is 0.309. The van der Waals surface area contributed by atoms with Crippen LogP contribution >= 0.6 is 0 Å². The van der Waals surface area contributed by atoms with Gasteiger partial charge in [-0.25, -0.2) is 0 Å². The molecule has 6 heteroatoms. The van der Waals surface area contributed by atoms with Crippen molar-refractivity contribution in [2.24, 2.45) is 5.73 Å². The minimum atomic E-state index is -1.07. The molecule has 1 unspecified atom stereocenters. The molecule has 1 heterocycles. The van der Waals surface area contributed by atoms with Crippen LogP contribution in [0.15, 0.2) is 24.3 Å². The van der Waals surface area contributed by atoms with Gasteiger partial charge in [0.25, 0.3) is 5.91 Å². The van der Waals surface area contributed by atoms with Crippen molar-refractivity contribution >= 4 is 17.6 Å². The van der Waals surface area contributed by atoms with Crippen LogP contribution in [-0.4, -0.2) is 29.6 Å². The van der Waals surface area contributed by atoms with Gasteiger partial charge < -0.3 is 10.8 Å². The number of hydrogen-bond donors (Lipinski definition) is 2. The predicted molar refractivity (Wildman–Crippen MR) is 63.8 cm³/mol. The van der Waals surface area contributed by atoms with Crippen molar-refractivity contribution in [3.8, 4) is 0 Å². The van der Waals surface area contributed by atoms with Crippen molar-refractivity contribution in [1.29, 1.82) is 0 Å². The third kappa shape index (κ3) is 2.49. The number of rotatable bonds is 4. The molecular weight excluding hydrogens is 236 g/mol. The molecule has 0 aromatic heterocycles. The lowest BCUT2D eigenvalue weighted by Gasteiger charge is -2.18. The third-order valence-corrected chi connectivity index (χ3v) is 2.73. The van der Waals surface area contributed by atoms with E-state index in [0.29, 0.717) is 24.3 Å². The quantitative estimate of drug-likeness (QED) is 0.802. The number of carboxylic acids is 1. The Morgan fingerprint density at radius 2 is 2.22 bits per heavy atom. The van der Waals surface area contributed by atoms with E-state index < -0.39 is 12.0 Å². The van der Waals surface area contributed by atoms with Crippen LogP contribution in [0, 0.1) is 0 Å². The number of aliphatic carboxylic acids is 1. The SMILES string of the molecule is NC(Cc1ccccc1N1OCCC1=O)C(=O)O. The first-order chi connectivity index (χ1) is 8.59. The Hall–Kier alpha value is -1.92. The van der Waals surface area contributed by atoms with Crippen LogP contribution in [0.4, 0.5) is 5.69 Å². The minimum absolute atomic E-state index is 0.133. The molecule has 0 radical (unpaired) electrons. The maximum absolute atomic E-state index is 11.6. The Bertz CT molecular complexity index is 475. The van der Waals surface area contributed by atoms with E-state index in [0.717, 1.165) is 0 Å². The zero-order valence-electron chi connectivity index (χ0n) is 9.70. The van der Waals surface area contributed by atoms with Gasteiger partial charge in [-0.15, -0.1) is 0 Å². The largest absolute Gasteiger partial charge is 0.480 e. The Labute approximate surface area is 104 Å². The van der Waals surface area contributed by atoms with Crippen molar-refractivity contribution in [3.05, 3.63) is 29.8 Å². The number of carbonyl (C=O) groups excluding carboxylic acids is 1. The van der Waals surface area contributed by atoms with Crippen LogP contribution in [0.5, 0.6) is 0 Å². The normalized spacial score (nSPS) is 16.9. The van der Waals surface area contributed by atoms with E-state index in [1.165, 1.54) is 5.06 Å². The minimum Gasteiger partial charge on any atom is -0.480 e. The first kappa shape index (κ1) is 12.5. The number of anilines is 1. The highest BCUT2D eigenvalue weighted by atomic mass is 16.7. The molecule has 0 saturated carbocycles. The Morgan fingerprint density at radius 1 is 1.50 bits per heavy atom. The second-order valence-electron chi connectivity index (χ2n) is 4.05. The second-order valence-corrected chi connectivity index (χ2v) is 4.05. The maximum atomic E-state index is 11.6. The van der Waals surface area contributed by atoms with Crippen molar-refractivity contribution < 1.29 is 19.5 Å². The number of para-hydroxylation sites is 1. The van der Waals surface area contributed by atoms with Gasteiger partial charge in [-0.3, -0.25) is 14.4 Å². The van der Waals surface area contributed by atoms with Gasteiger partial charge in [0, 0.05) is 6.42 Å². The van der Waals surface area contributed by atoms with Crippen molar-refractivity contribution in [2.75, 3.05) is 11.7 Å². The zero-order valence-corrected chi connectivity index (χ0v) is 9.70. The van der Waals surface area contributed by atoms with Crippen LogP contribution in [0.1, 0.15) is 12.0 Å². The number of nitrogens with zero attached hydrogens (tertiary/aromatic N) is 1. The second kappa shape index (κ2) is 5.16. The number of amides is 1. The summed E-state index contributed by atoms with van der Waals surface area (Å²) in [5.41, 5.74) is 6.76. The molecule has 1 aromatic rings. The van der Waals surface area contributed by atoms with E-state index >= 15 is 0 Å². The Morgan fingerprint density at radius 3 is 2.83 bits per heavy atom. The van der Waals surface area contributed by atoms with Gasteiger partial charge in [-0.05, 0) is 11.6 Å².